The van der Waals surface area contributed by atoms with Crippen LogP contribution in [0.25, 0.3) is 0 Å². The van der Waals surface area contributed by atoms with Crippen molar-refractivity contribution in [2.24, 2.45) is 11.7 Å². The lowest BCUT2D eigenvalue weighted by Crippen LogP contribution is -2.14. The van der Waals surface area contributed by atoms with Crippen LogP contribution < -0.4 is 5.73 Å². The maximum absolute atomic E-state index is 5.85. The zero-order chi connectivity index (χ0) is 8.27. The van der Waals surface area contributed by atoms with E-state index in [0.29, 0.717) is 5.92 Å². The van der Waals surface area contributed by atoms with Crippen molar-refractivity contribution in [2.75, 3.05) is 0 Å². The lowest BCUT2D eigenvalue weighted by atomic mass is 10.0. The zero-order valence-electron chi connectivity index (χ0n) is 7.04. The summed E-state index contributed by atoms with van der Waals surface area (Å²) < 4.78 is 0. The van der Waals surface area contributed by atoms with Crippen LogP contribution in [0.15, 0.2) is 12.4 Å². The molecule has 1 aromatic rings. The number of nitrogens with one attached hydrogen (secondary N) is 1. The summed E-state index contributed by atoms with van der Waals surface area (Å²) in [6.45, 7) is 4.31. The molecule has 3 nitrogen and oxygen atoms in total. The Morgan fingerprint density at radius 1 is 1.64 bits per heavy atom. The number of nitrogens with two attached hydrogens (primary N) is 1. The zero-order valence-corrected chi connectivity index (χ0v) is 7.04. The average molecular weight is 153 g/mol. The van der Waals surface area contributed by atoms with Crippen LogP contribution in [0.2, 0.25) is 0 Å². The van der Waals surface area contributed by atoms with E-state index >= 15 is 0 Å². The molecule has 0 bridgehead atoms. The second kappa shape index (κ2) is 3.53. The number of nitrogens with zero attached hydrogens (tertiary/aromatic N) is 1. The number of aromatic amines is 1. The smallest absolute Gasteiger partial charge is 0.123 e. The van der Waals surface area contributed by atoms with Crippen molar-refractivity contribution >= 4 is 0 Å². The van der Waals surface area contributed by atoms with Crippen LogP contribution in [0, 0.1) is 5.92 Å². The molecule has 0 aliphatic rings. The molecule has 0 aliphatic carbocycles. The summed E-state index contributed by atoms with van der Waals surface area (Å²) in [5, 5.41) is 0. The summed E-state index contributed by atoms with van der Waals surface area (Å²) in [4.78, 5) is 7.09. The molecule has 0 radical (unpaired) electrons. The molecule has 0 amide bonds. The molecule has 1 rings (SSSR count). The Morgan fingerprint density at radius 2 is 2.36 bits per heavy atom. The van der Waals surface area contributed by atoms with Gasteiger partial charge in [0.1, 0.15) is 5.82 Å². The number of rotatable bonds is 3. The van der Waals surface area contributed by atoms with E-state index in [0.717, 1.165) is 12.2 Å². The normalized spacial score (nSPS) is 13.8. The van der Waals surface area contributed by atoms with Gasteiger partial charge in [-0.2, -0.15) is 0 Å². The number of H-pyrrole nitrogens is 1. The predicted molar refractivity (Wildman–Crippen MR) is 45.0 cm³/mol. The number of hydrogen-bond donors (Lipinski definition) is 2. The van der Waals surface area contributed by atoms with Crippen LogP contribution in [0.5, 0.6) is 0 Å². The molecular weight excluding hydrogens is 138 g/mol. The highest BCUT2D eigenvalue weighted by Gasteiger charge is 2.09. The predicted octanol–water partition coefficient (Wildman–Crippen LogP) is 1.46. The van der Waals surface area contributed by atoms with Gasteiger partial charge in [-0.3, -0.25) is 0 Å². The Morgan fingerprint density at radius 3 is 2.82 bits per heavy atom. The largest absolute Gasteiger partial charge is 0.347 e. The van der Waals surface area contributed by atoms with Gasteiger partial charge in [-0.15, -0.1) is 0 Å². The first kappa shape index (κ1) is 8.27. The lowest BCUT2D eigenvalue weighted by molar-refractivity contribution is 0.496. The van der Waals surface area contributed by atoms with Gasteiger partial charge in [-0.25, -0.2) is 4.98 Å². The summed E-state index contributed by atoms with van der Waals surface area (Å²) >= 11 is 0. The molecule has 11 heavy (non-hydrogen) atoms. The van der Waals surface area contributed by atoms with Crippen LogP contribution in [0.3, 0.4) is 0 Å². The Kier molecular flexibility index (Phi) is 2.65. The number of hydrogen-bond acceptors (Lipinski definition) is 2. The quantitative estimate of drug-likeness (QED) is 0.690. The molecule has 62 valence electrons. The minimum atomic E-state index is 0.0602. The fourth-order valence-electron chi connectivity index (χ4n) is 1.10. The van der Waals surface area contributed by atoms with Crippen LogP contribution >= 0.6 is 0 Å². The second-order valence-corrected chi connectivity index (χ2v) is 3.21. The second-order valence-electron chi connectivity index (χ2n) is 3.21. The van der Waals surface area contributed by atoms with E-state index in [1.165, 1.54) is 0 Å². The van der Waals surface area contributed by atoms with Crippen molar-refractivity contribution in [3.05, 3.63) is 18.2 Å². The molecular formula is C8H15N3. The van der Waals surface area contributed by atoms with Crippen molar-refractivity contribution in [3.8, 4) is 0 Å². The van der Waals surface area contributed by atoms with Crippen molar-refractivity contribution < 1.29 is 0 Å². The number of aromatic nitrogens is 2. The van der Waals surface area contributed by atoms with E-state index in [4.69, 9.17) is 5.73 Å². The molecule has 0 saturated carbocycles. The Labute approximate surface area is 67.0 Å². The van der Waals surface area contributed by atoms with Crippen molar-refractivity contribution in [1.29, 1.82) is 0 Å². The van der Waals surface area contributed by atoms with Gasteiger partial charge in [-0.1, -0.05) is 13.8 Å². The lowest BCUT2D eigenvalue weighted by Gasteiger charge is -2.10. The van der Waals surface area contributed by atoms with Gasteiger partial charge in [-0.05, 0) is 12.3 Å². The third kappa shape index (κ3) is 2.35. The van der Waals surface area contributed by atoms with Crippen molar-refractivity contribution in [3.63, 3.8) is 0 Å². The molecule has 0 aliphatic heterocycles. The summed E-state index contributed by atoms with van der Waals surface area (Å²) in [6, 6.07) is 0.0602. The monoisotopic (exact) mass is 153 g/mol. The first-order valence-corrected chi connectivity index (χ1v) is 3.95. The van der Waals surface area contributed by atoms with E-state index in [1.807, 2.05) is 0 Å². The van der Waals surface area contributed by atoms with Crippen molar-refractivity contribution in [2.45, 2.75) is 26.3 Å². The van der Waals surface area contributed by atoms with Gasteiger partial charge < -0.3 is 10.7 Å². The molecule has 1 heterocycles. The van der Waals surface area contributed by atoms with Gasteiger partial charge in [0.2, 0.25) is 0 Å². The standard InChI is InChI=1S/C8H15N3/c1-6(2)5-7(9)8-10-3-4-11-8/h3-4,6-7H,5,9H2,1-2H3,(H,10,11). The fourth-order valence-corrected chi connectivity index (χ4v) is 1.10. The third-order valence-corrected chi connectivity index (χ3v) is 1.60. The van der Waals surface area contributed by atoms with Crippen LogP contribution in [0.1, 0.15) is 32.1 Å². The summed E-state index contributed by atoms with van der Waals surface area (Å²) in [6.07, 6.45) is 4.51. The molecule has 0 aromatic carbocycles. The topological polar surface area (TPSA) is 54.7 Å². The van der Waals surface area contributed by atoms with Gasteiger partial charge in [0.15, 0.2) is 0 Å². The van der Waals surface area contributed by atoms with E-state index in [1.54, 1.807) is 12.4 Å². The highest BCUT2D eigenvalue weighted by atomic mass is 14.9. The molecule has 1 aromatic heterocycles. The van der Waals surface area contributed by atoms with E-state index < -0.39 is 0 Å². The first-order chi connectivity index (χ1) is 5.20. The Balaban J connectivity index is 2.49. The Bertz CT molecular complexity index is 191. The third-order valence-electron chi connectivity index (χ3n) is 1.60. The summed E-state index contributed by atoms with van der Waals surface area (Å²) in [7, 11) is 0. The highest BCUT2D eigenvalue weighted by molar-refractivity contribution is 4.93. The van der Waals surface area contributed by atoms with Gasteiger partial charge in [0.05, 0.1) is 6.04 Å². The minimum Gasteiger partial charge on any atom is -0.347 e. The van der Waals surface area contributed by atoms with Crippen LogP contribution in [-0.4, -0.2) is 9.97 Å². The summed E-state index contributed by atoms with van der Waals surface area (Å²) in [5.41, 5.74) is 5.85. The molecule has 3 heteroatoms. The fraction of sp³-hybridized carbons (Fsp3) is 0.625. The first-order valence-electron chi connectivity index (χ1n) is 3.95. The van der Waals surface area contributed by atoms with E-state index in [2.05, 4.69) is 23.8 Å². The maximum atomic E-state index is 5.85. The molecule has 0 fully saturated rings. The molecule has 0 spiro atoms. The van der Waals surface area contributed by atoms with Crippen molar-refractivity contribution in [1.82, 2.24) is 9.97 Å². The molecule has 0 saturated heterocycles. The summed E-state index contributed by atoms with van der Waals surface area (Å²) in [5.74, 6) is 1.51. The molecule has 1 atom stereocenters. The maximum Gasteiger partial charge on any atom is 0.123 e. The van der Waals surface area contributed by atoms with E-state index in [-0.39, 0.29) is 6.04 Å². The van der Waals surface area contributed by atoms with E-state index in [9.17, 15) is 0 Å². The van der Waals surface area contributed by atoms with Gasteiger partial charge >= 0.3 is 0 Å². The molecule has 1 unspecified atom stereocenters. The van der Waals surface area contributed by atoms with Crippen LogP contribution in [0.4, 0.5) is 0 Å². The van der Waals surface area contributed by atoms with Gasteiger partial charge in [0, 0.05) is 12.4 Å². The highest BCUT2D eigenvalue weighted by Crippen LogP contribution is 2.14. The average Bonchev–Trinajstić information content (AvgIpc) is 2.35. The minimum absolute atomic E-state index is 0.0602. The molecule has 3 N–H and O–H groups in total. The van der Waals surface area contributed by atoms with Gasteiger partial charge in [0.25, 0.3) is 0 Å². The van der Waals surface area contributed by atoms with Crippen LogP contribution in [-0.2, 0) is 0 Å². The SMILES string of the molecule is CC(C)CC(N)c1ncc[nH]1. The number of imidazole rings is 1. The Hall–Kier alpha value is -0.830.